The Kier molecular flexibility index (Phi) is 6.40. The van der Waals surface area contributed by atoms with Crippen molar-refractivity contribution in [1.29, 1.82) is 0 Å². The van der Waals surface area contributed by atoms with Crippen molar-refractivity contribution in [2.75, 3.05) is 26.2 Å². The summed E-state index contributed by atoms with van der Waals surface area (Å²) in [5.41, 5.74) is 4.46. The van der Waals surface area contributed by atoms with E-state index in [9.17, 15) is 14.7 Å². The SMILES string of the molecule is Cc1cc(C2COc3ccccc3O2)oc(=O)c1C(=O)N1CCC(O)(CN)CC1.Cl. The lowest BCUT2D eigenvalue weighted by Crippen LogP contribution is -2.50. The average molecular weight is 437 g/mol. The molecule has 3 N–H and O–H groups in total. The van der Waals surface area contributed by atoms with Crippen LogP contribution in [0, 0.1) is 6.92 Å². The lowest BCUT2D eigenvalue weighted by molar-refractivity contribution is -0.00966. The molecule has 162 valence electrons. The van der Waals surface area contributed by atoms with E-state index >= 15 is 0 Å². The summed E-state index contributed by atoms with van der Waals surface area (Å²) in [6.07, 6.45) is 0.185. The summed E-state index contributed by atoms with van der Waals surface area (Å²) in [7, 11) is 0. The van der Waals surface area contributed by atoms with Crippen LogP contribution in [0.5, 0.6) is 11.5 Å². The molecular formula is C21H25ClN2O6. The maximum Gasteiger partial charge on any atom is 0.349 e. The molecule has 0 spiro atoms. The molecule has 0 radical (unpaired) electrons. The summed E-state index contributed by atoms with van der Waals surface area (Å²) < 4.78 is 17.0. The first-order valence-corrected chi connectivity index (χ1v) is 9.65. The van der Waals surface area contributed by atoms with Crippen LogP contribution in [0.15, 0.2) is 39.5 Å². The van der Waals surface area contributed by atoms with E-state index in [1.54, 1.807) is 30.0 Å². The summed E-state index contributed by atoms with van der Waals surface area (Å²) in [4.78, 5) is 27.1. The van der Waals surface area contributed by atoms with Gasteiger partial charge in [0.15, 0.2) is 23.4 Å². The number of nitrogens with two attached hydrogens (primary N) is 1. The zero-order valence-electron chi connectivity index (χ0n) is 16.6. The molecule has 1 amide bonds. The first-order valence-electron chi connectivity index (χ1n) is 9.65. The van der Waals surface area contributed by atoms with Crippen LogP contribution in [0.4, 0.5) is 0 Å². The maximum atomic E-state index is 12.9. The standard InChI is InChI=1S/C21H24N2O6.ClH/c1-13-10-16(17-11-27-14-4-2-3-5-15(14)28-17)29-20(25)18(13)19(24)23-8-6-21(26,12-22)7-9-23;/h2-5,10,17,26H,6-9,11-12,22H2,1H3;1H. The monoisotopic (exact) mass is 436 g/mol. The van der Waals surface area contributed by atoms with Crippen molar-refractivity contribution in [2.24, 2.45) is 5.73 Å². The topological polar surface area (TPSA) is 115 Å². The van der Waals surface area contributed by atoms with Gasteiger partial charge >= 0.3 is 5.63 Å². The van der Waals surface area contributed by atoms with Gasteiger partial charge < -0.3 is 29.6 Å². The Morgan fingerprint density at radius 2 is 1.93 bits per heavy atom. The Morgan fingerprint density at radius 3 is 2.57 bits per heavy atom. The molecule has 30 heavy (non-hydrogen) atoms. The fraction of sp³-hybridized carbons (Fsp3) is 0.429. The van der Waals surface area contributed by atoms with Crippen molar-refractivity contribution in [3.05, 3.63) is 57.6 Å². The quantitative estimate of drug-likeness (QED) is 0.753. The number of carbonyl (C=O) groups excluding carboxylic acids is 1. The average Bonchev–Trinajstić information content (AvgIpc) is 2.73. The number of rotatable bonds is 3. The van der Waals surface area contributed by atoms with E-state index in [-0.39, 0.29) is 31.1 Å². The van der Waals surface area contributed by atoms with E-state index in [2.05, 4.69) is 0 Å². The minimum Gasteiger partial charge on any atom is -0.485 e. The van der Waals surface area contributed by atoms with Gasteiger partial charge in [-0.15, -0.1) is 12.4 Å². The molecule has 4 rings (SSSR count). The highest BCUT2D eigenvalue weighted by molar-refractivity contribution is 5.95. The number of nitrogens with zero attached hydrogens (tertiary/aromatic N) is 1. The number of aryl methyl sites for hydroxylation is 1. The lowest BCUT2D eigenvalue weighted by atomic mass is 9.91. The van der Waals surface area contributed by atoms with Crippen molar-refractivity contribution in [3.8, 4) is 11.5 Å². The van der Waals surface area contributed by atoms with Gasteiger partial charge in [0.1, 0.15) is 12.2 Å². The van der Waals surface area contributed by atoms with Crippen molar-refractivity contribution in [1.82, 2.24) is 4.90 Å². The molecule has 3 heterocycles. The number of hydrogen-bond acceptors (Lipinski definition) is 7. The first kappa shape index (κ1) is 22.1. The minimum atomic E-state index is -0.949. The second-order valence-electron chi connectivity index (χ2n) is 7.58. The van der Waals surface area contributed by atoms with Gasteiger partial charge in [-0.1, -0.05) is 12.1 Å². The van der Waals surface area contributed by atoms with Crippen LogP contribution in [0.1, 0.15) is 40.6 Å². The van der Waals surface area contributed by atoms with Gasteiger partial charge in [0.25, 0.3) is 5.91 Å². The number of halogens is 1. The zero-order valence-corrected chi connectivity index (χ0v) is 17.4. The molecule has 9 heteroatoms. The van der Waals surface area contributed by atoms with Crippen LogP contribution in [-0.4, -0.2) is 47.8 Å². The Morgan fingerprint density at radius 1 is 1.27 bits per heavy atom. The molecule has 0 saturated carbocycles. The molecule has 1 unspecified atom stereocenters. The van der Waals surface area contributed by atoms with Gasteiger partial charge in [-0.2, -0.15) is 0 Å². The van der Waals surface area contributed by atoms with Crippen molar-refractivity contribution in [2.45, 2.75) is 31.5 Å². The van der Waals surface area contributed by atoms with Gasteiger partial charge in [0.2, 0.25) is 0 Å². The molecule has 0 bridgehead atoms. The van der Waals surface area contributed by atoms with Crippen LogP contribution in [-0.2, 0) is 0 Å². The molecule has 1 atom stereocenters. The Hall–Kier alpha value is -2.55. The van der Waals surface area contributed by atoms with Crippen molar-refractivity contribution in [3.63, 3.8) is 0 Å². The largest absolute Gasteiger partial charge is 0.485 e. The third kappa shape index (κ3) is 4.16. The highest BCUT2D eigenvalue weighted by atomic mass is 35.5. The molecule has 1 fully saturated rings. The number of para-hydroxylation sites is 2. The molecule has 2 aliphatic heterocycles. The van der Waals surface area contributed by atoms with E-state index < -0.39 is 23.2 Å². The van der Waals surface area contributed by atoms with Crippen molar-refractivity contribution < 1.29 is 23.8 Å². The molecule has 1 saturated heterocycles. The number of carbonyl (C=O) groups is 1. The predicted molar refractivity (Wildman–Crippen MR) is 111 cm³/mol. The zero-order chi connectivity index (χ0) is 20.6. The molecule has 1 aromatic carbocycles. The number of aliphatic hydroxyl groups is 1. The highest BCUT2D eigenvalue weighted by Gasteiger charge is 2.35. The summed E-state index contributed by atoms with van der Waals surface area (Å²) >= 11 is 0. The Bertz CT molecular complexity index is 984. The number of likely N-dealkylation sites (tertiary alicyclic amines) is 1. The fourth-order valence-electron chi connectivity index (χ4n) is 3.70. The number of amides is 1. The third-order valence-electron chi connectivity index (χ3n) is 5.57. The van der Waals surface area contributed by atoms with Gasteiger partial charge in [-0.05, 0) is 43.5 Å². The summed E-state index contributed by atoms with van der Waals surface area (Å²) in [5.74, 6) is 1.13. The van der Waals surface area contributed by atoms with Crippen LogP contribution in [0.3, 0.4) is 0 Å². The van der Waals surface area contributed by atoms with E-state index in [1.165, 1.54) is 0 Å². The van der Waals surface area contributed by atoms with E-state index in [4.69, 9.17) is 19.6 Å². The normalized spacial score (nSPS) is 19.7. The second kappa shape index (κ2) is 8.67. The first-order chi connectivity index (χ1) is 13.9. The number of piperidine rings is 1. The van der Waals surface area contributed by atoms with Gasteiger partial charge in [-0.3, -0.25) is 4.79 Å². The Balaban J connectivity index is 0.00000256. The summed E-state index contributed by atoms with van der Waals surface area (Å²) in [6.45, 7) is 2.73. The van der Waals surface area contributed by atoms with Crippen LogP contribution < -0.4 is 20.8 Å². The van der Waals surface area contributed by atoms with Crippen LogP contribution >= 0.6 is 12.4 Å². The lowest BCUT2D eigenvalue weighted by Gasteiger charge is -2.37. The predicted octanol–water partition coefficient (Wildman–Crippen LogP) is 1.81. The van der Waals surface area contributed by atoms with Gasteiger partial charge in [-0.25, -0.2) is 4.79 Å². The third-order valence-corrected chi connectivity index (χ3v) is 5.57. The Labute approximate surface area is 180 Å². The molecule has 0 aliphatic carbocycles. The number of fused-ring (bicyclic) bond motifs is 1. The van der Waals surface area contributed by atoms with E-state index in [1.807, 2.05) is 12.1 Å². The van der Waals surface area contributed by atoms with Gasteiger partial charge in [0, 0.05) is 19.6 Å². The fourth-order valence-corrected chi connectivity index (χ4v) is 3.70. The number of ether oxygens (including phenoxy) is 2. The van der Waals surface area contributed by atoms with E-state index in [0.29, 0.717) is 48.8 Å². The van der Waals surface area contributed by atoms with E-state index in [0.717, 1.165) is 0 Å². The molecule has 8 nitrogen and oxygen atoms in total. The minimum absolute atomic E-state index is 0. The van der Waals surface area contributed by atoms with Crippen LogP contribution in [0.25, 0.3) is 0 Å². The highest BCUT2D eigenvalue weighted by Crippen LogP contribution is 2.36. The number of benzene rings is 1. The molecule has 2 aromatic rings. The smallest absolute Gasteiger partial charge is 0.349 e. The number of hydrogen-bond donors (Lipinski definition) is 2. The maximum absolute atomic E-state index is 12.9. The van der Waals surface area contributed by atoms with Crippen molar-refractivity contribution >= 4 is 18.3 Å². The molecule has 1 aromatic heterocycles. The summed E-state index contributed by atoms with van der Waals surface area (Å²) in [5, 5.41) is 10.2. The van der Waals surface area contributed by atoms with Gasteiger partial charge in [0.05, 0.1) is 5.60 Å². The molecular weight excluding hydrogens is 412 g/mol. The second-order valence-corrected chi connectivity index (χ2v) is 7.58. The van der Waals surface area contributed by atoms with Crippen LogP contribution in [0.2, 0.25) is 0 Å². The molecule has 2 aliphatic rings. The summed E-state index contributed by atoms with van der Waals surface area (Å²) in [6, 6.07) is 8.92.